The Bertz CT molecular complexity index is 229. The van der Waals surface area contributed by atoms with Crippen LogP contribution in [0.5, 0.6) is 0 Å². The Kier molecular flexibility index (Phi) is 2.94. The Balaban J connectivity index is 1.72. The largest absolute Gasteiger partial charge is 0.380 e. The van der Waals surface area contributed by atoms with Crippen LogP contribution >= 0.6 is 0 Å². The normalized spacial score (nSPS) is 23.2. The van der Waals surface area contributed by atoms with Crippen LogP contribution < -0.4 is 5.32 Å². The Labute approximate surface area is 77.7 Å². The van der Waals surface area contributed by atoms with Crippen molar-refractivity contribution in [1.82, 2.24) is 15.5 Å². The van der Waals surface area contributed by atoms with E-state index in [-0.39, 0.29) is 0 Å². The maximum absolute atomic E-state index is 5.37. The van der Waals surface area contributed by atoms with Crippen LogP contribution in [-0.2, 0) is 11.3 Å². The first kappa shape index (κ1) is 8.72. The standard InChI is InChI=1S/C9H15N3O/c1-2-9(7-13-3-1)10-4-8-5-11-12-6-8/h5-6,9-10H,1-4,7H2,(H,11,12)/t9-/m1/s1. The quantitative estimate of drug-likeness (QED) is 0.721. The summed E-state index contributed by atoms with van der Waals surface area (Å²) in [6.45, 7) is 2.65. The summed E-state index contributed by atoms with van der Waals surface area (Å²) in [5.41, 5.74) is 1.20. The lowest BCUT2D eigenvalue weighted by Crippen LogP contribution is -2.36. The molecule has 1 atom stereocenters. The number of aromatic amines is 1. The van der Waals surface area contributed by atoms with Crippen molar-refractivity contribution < 1.29 is 4.74 Å². The number of rotatable bonds is 3. The van der Waals surface area contributed by atoms with Crippen LogP contribution in [0.1, 0.15) is 18.4 Å². The third-order valence-electron chi connectivity index (χ3n) is 2.31. The Hall–Kier alpha value is -0.870. The molecule has 0 saturated carbocycles. The van der Waals surface area contributed by atoms with E-state index in [1.807, 2.05) is 12.4 Å². The van der Waals surface area contributed by atoms with Crippen molar-refractivity contribution in [3.8, 4) is 0 Å². The highest BCUT2D eigenvalue weighted by Crippen LogP contribution is 2.06. The van der Waals surface area contributed by atoms with E-state index in [0.29, 0.717) is 6.04 Å². The number of aromatic nitrogens is 2. The van der Waals surface area contributed by atoms with Crippen molar-refractivity contribution in [3.05, 3.63) is 18.0 Å². The van der Waals surface area contributed by atoms with Gasteiger partial charge in [-0.3, -0.25) is 5.10 Å². The van der Waals surface area contributed by atoms with Gasteiger partial charge in [0.15, 0.2) is 0 Å². The van der Waals surface area contributed by atoms with Crippen LogP contribution in [0.3, 0.4) is 0 Å². The minimum atomic E-state index is 0.517. The maximum atomic E-state index is 5.37. The van der Waals surface area contributed by atoms with Crippen molar-refractivity contribution in [1.29, 1.82) is 0 Å². The first-order valence-electron chi connectivity index (χ1n) is 4.74. The molecule has 0 amide bonds. The molecule has 0 spiro atoms. The highest BCUT2D eigenvalue weighted by atomic mass is 16.5. The van der Waals surface area contributed by atoms with Gasteiger partial charge in [0.25, 0.3) is 0 Å². The predicted octanol–water partition coefficient (Wildman–Crippen LogP) is 0.678. The third-order valence-corrected chi connectivity index (χ3v) is 2.31. The van der Waals surface area contributed by atoms with Gasteiger partial charge in [-0.1, -0.05) is 0 Å². The van der Waals surface area contributed by atoms with Crippen LogP contribution in [0.4, 0.5) is 0 Å². The molecule has 2 heterocycles. The number of hydrogen-bond acceptors (Lipinski definition) is 3. The second-order valence-electron chi connectivity index (χ2n) is 3.40. The van der Waals surface area contributed by atoms with Crippen molar-refractivity contribution in [3.63, 3.8) is 0 Å². The summed E-state index contributed by atoms with van der Waals surface area (Å²) >= 11 is 0. The molecule has 4 heteroatoms. The van der Waals surface area contributed by atoms with Crippen molar-refractivity contribution in [2.45, 2.75) is 25.4 Å². The van der Waals surface area contributed by atoms with E-state index in [1.54, 1.807) is 0 Å². The van der Waals surface area contributed by atoms with Gasteiger partial charge >= 0.3 is 0 Å². The SMILES string of the molecule is c1n[nH]cc1CN[C@@H]1CCCOC1. The average Bonchev–Trinajstić information content (AvgIpc) is 2.69. The molecule has 0 radical (unpaired) electrons. The third kappa shape index (κ3) is 2.54. The van der Waals surface area contributed by atoms with Crippen molar-refractivity contribution >= 4 is 0 Å². The Morgan fingerprint density at radius 1 is 1.69 bits per heavy atom. The molecule has 4 nitrogen and oxygen atoms in total. The highest BCUT2D eigenvalue weighted by Gasteiger charge is 2.12. The highest BCUT2D eigenvalue weighted by molar-refractivity contribution is 5.01. The van der Waals surface area contributed by atoms with Gasteiger partial charge in [-0.05, 0) is 12.8 Å². The average molecular weight is 181 g/mol. The van der Waals surface area contributed by atoms with Crippen LogP contribution in [0, 0.1) is 0 Å². The van der Waals surface area contributed by atoms with Gasteiger partial charge < -0.3 is 10.1 Å². The molecule has 1 aromatic rings. The van der Waals surface area contributed by atoms with Gasteiger partial charge in [0.1, 0.15) is 0 Å². The summed E-state index contributed by atoms with van der Waals surface area (Å²) in [6, 6.07) is 0.517. The fraction of sp³-hybridized carbons (Fsp3) is 0.667. The van der Waals surface area contributed by atoms with Gasteiger partial charge in [0.2, 0.25) is 0 Å². The van der Waals surface area contributed by atoms with Crippen molar-refractivity contribution in [2.24, 2.45) is 0 Å². The van der Waals surface area contributed by atoms with Gasteiger partial charge in [-0.2, -0.15) is 5.10 Å². The minimum absolute atomic E-state index is 0.517. The first-order chi connectivity index (χ1) is 6.45. The van der Waals surface area contributed by atoms with E-state index in [9.17, 15) is 0 Å². The molecule has 13 heavy (non-hydrogen) atoms. The smallest absolute Gasteiger partial charge is 0.0619 e. The fourth-order valence-electron chi connectivity index (χ4n) is 1.54. The molecular weight excluding hydrogens is 166 g/mol. The van der Waals surface area contributed by atoms with E-state index < -0.39 is 0 Å². The molecule has 0 aromatic carbocycles. The van der Waals surface area contributed by atoms with E-state index in [1.165, 1.54) is 18.4 Å². The van der Waals surface area contributed by atoms with E-state index in [4.69, 9.17) is 4.74 Å². The number of nitrogens with zero attached hydrogens (tertiary/aromatic N) is 1. The molecule has 0 aliphatic carbocycles. The molecular formula is C9H15N3O. The van der Waals surface area contributed by atoms with Crippen LogP contribution in [-0.4, -0.2) is 29.5 Å². The first-order valence-corrected chi connectivity index (χ1v) is 4.74. The number of hydrogen-bond donors (Lipinski definition) is 2. The summed E-state index contributed by atoms with van der Waals surface area (Å²) < 4.78 is 5.37. The Morgan fingerprint density at radius 2 is 2.69 bits per heavy atom. The van der Waals surface area contributed by atoms with Crippen molar-refractivity contribution in [2.75, 3.05) is 13.2 Å². The fourth-order valence-corrected chi connectivity index (χ4v) is 1.54. The number of ether oxygens (including phenoxy) is 1. The van der Waals surface area contributed by atoms with E-state index in [2.05, 4.69) is 15.5 Å². The zero-order valence-electron chi connectivity index (χ0n) is 7.62. The lowest BCUT2D eigenvalue weighted by molar-refractivity contribution is 0.0699. The molecule has 1 aromatic heterocycles. The molecule has 1 aliphatic heterocycles. The zero-order valence-corrected chi connectivity index (χ0v) is 7.62. The van der Waals surface area contributed by atoms with Gasteiger partial charge in [-0.15, -0.1) is 0 Å². The summed E-state index contributed by atoms with van der Waals surface area (Å²) in [6.07, 6.45) is 6.15. The number of H-pyrrole nitrogens is 1. The minimum Gasteiger partial charge on any atom is -0.380 e. The predicted molar refractivity (Wildman–Crippen MR) is 49.3 cm³/mol. The molecule has 1 saturated heterocycles. The van der Waals surface area contributed by atoms with Gasteiger partial charge in [0.05, 0.1) is 12.8 Å². The topological polar surface area (TPSA) is 49.9 Å². The van der Waals surface area contributed by atoms with Gasteiger partial charge in [-0.25, -0.2) is 0 Å². The summed E-state index contributed by atoms with van der Waals surface area (Å²) in [5.74, 6) is 0. The van der Waals surface area contributed by atoms with E-state index >= 15 is 0 Å². The lowest BCUT2D eigenvalue weighted by atomic mass is 10.1. The molecule has 2 N–H and O–H groups in total. The summed E-state index contributed by atoms with van der Waals surface area (Å²) in [7, 11) is 0. The summed E-state index contributed by atoms with van der Waals surface area (Å²) in [5, 5.41) is 10.1. The molecule has 0 unspecified atom stereocenters. The number of nitrogens with one attached hydrogen (secondary N) is 2. The molecule has 2 rings (SSSR count). The monoisotopic (exact) mass is 181 g/mol. The van der Waals surface area contributed by atoms with Crippen LogP contribution in [0.15, 0.2) is 12.4 Å². The molecule has 0 bridgehead atoms. The second-order valence-corrected chi connectivity index (χ2v) is 3.40. The zero-order chi connectivity index (χ0) is 8.93. The van der Waals surface area contributed by atoms with E-state index in [0.717, 1.165) is 19.8 Å². The molecule has 1 aliphatic rings. The summed E-state index contributed by atoms with van der Waals surface area (Å²) in [4.78, 5) is 0. The van der Waals surface area contributed by atoms with Crippen LogP contribution in [0.25, 0.3) is 0 Å². The van der Waals surface area contributed by atoms with Gasteiger partial charge in [0, 0.05) is 31.0 Å². The van der Waals surface area contributed by atoms with Crippen LogP contribution in [0.2, 0.25) is 0 Å². The Morgan fingerprint density at radius 3 is 3.38 bits per heavy atom. The molecule has 72 valence electrons. The second kappa shape index (κ2) is 4.39. The lowest BCUT2D eigenvalue weighted by Gasteiger charge is -2.22. The molecule has 1 fully saturated rings. The maximum Gasteiger partial charge on any atom is 0.0619 e.